The van der Waals surface area contributed by atoms with Gasteiger partial charge in [0.15, 0.2) is 6.61 Å². The second-order valence-corrected chi connectivity index (χ2v) is 4.44. The van der Waals surface area contributed by atoms with Crippen LogP contribution in [0.4, 0.5) is 18.0 Å². The molecule has 1 aliphatic heterocycles. The van der Waals surface area contributed by atoms with Crippen LogP contribution in [0.5, 0.6) is 0 Å². The van der Waals surface area contributed by atoms with Crippen LogP contribution in [-0.2, 0) is 4.74 Å². The lowest BCUT2D eigenvalue weighted by Crippen LogP contribution is -2.49. The summed E-state index contributed by atoms with van der Waals surface area (Å²) in [6.07, 6.45) is -0.915. The molecule has 1 N–H and O–H groups in total. The van der Waals surface area contributed by atoms with Crippen LogP contribution >= 0.6 is 15.9 Å². The molecule has 0 aromatic heterocycles. The van der Waals surface area contributed by atoms with Crippen LogP contribution in [-0.4, -0.2) is 18.6 Å². The minimum atomic E-state index is -3.23. The Hall–Kier alpha value is -1.24. The van der Waals surface area contributed by atoms with Gasteiger partial charge >= 0.3 is 12.0 Å². The number of carbonyl (C=O) groups excluding carboxylic acids is 1. The van der Waals surface area contributed by atoms with Crippen molar-refractivity contribution in [3.8, 4) is 0 Å². The number of hydrogen-bond acceptors (Lipinski definition) is 2. The first kappa shape index (κ1) is 12.2. The Bertz CT molecular complexity index is 467. The first-order valence-corrected chi connectivity index (χ1v) is 5.45. The number of rotatable bonds is 1. The maximum Gasteiger partial charge on any atom is 0.408 e. The minimum Gasteiger partial charge on any atom is -0.443 e. The van der Waals surface area contributed by atoms with E-state index in [2.05, 4.69) is 20.7 Å². The molecule has 1 amide bonds. The Labute approximate surface area is 103 Å². The number of alkyl carbamates (subject to hydrolysis) is 1. The van der Waals surface area contributed by atoms with Gasteiger partial charge in [-0.1, -0.05) is 6.07 Å². The fraction of sp³-hybridized carbons (Fsp3) is 0.300. The van der Waals surface area contributed by atoms with Gasteiger partial charge in [-0.2, -0.15) is 0 Å². The Kier molecular flexibility index (Phi) is 3.03. The standard InChI is InChI=1S/C10H7BrF3NO2/c11-6-3-5(1-2-7(6)12)8-10(13,14)4-17-9(16)15-8/h1-3,8H,4H2,(H,15,16)/t8-/m1/s1. The molecular weight excluding hydrogens is 303 g/mol. The predicted molar refractivity (Wildman–Crippen MR) is 56.3 cm³/mol. The first-order chi connectivity index (χ1) is 7.90. The lowest BCUT2D eigenvalue weighted by molar-refractivity contribution is -0.104. The summed E-state index contributed by atoms with van der Waals surface area (Å²) in [5, 5.41) is 2.02. The molecule has 7 heteroatoms. The van der Waals surface area contributed by atoms with E-state index in [1.807, 2.05) is 5.32 Å². The van der Waals surface area contributed by atoms with E-state index >= 15 is 0 Å². The normalized spacial score (nSPS) is 22.8. The number of alkyl halides is 2. The van der Waals surface area contributed by atoms with E-state index in [4.69, 9.17) is 0 Å². The van der Waals surface area contributed by atoms with E-state index < -0.39 is 30.5 Å². The molecule has 0 radical (unpaired) electrons. The number of ether oxygens (including phenoxy) is 1. The Morgan fingerprint density at radius 1 is 1.47 bits per heavy atom. The van der Waals surface area contributed by atoms with Crippen LogP contribution in [0.25, 0.3) is 0 Å². The third-order valence-electron chi connectivity index (χ3n) is 2.36. The van der Waals surface area contributed by atoms with E-state index in [9.17, 15) is 18.0 Å². The molecule has 1 aromatic carbocycles. The lowest BCUT2D eigenvalue weighted by atomic mass is 10.0. The molecule has 1 heterocycles. The van der Waals surface area contributed by atoms with Crippen LogP contribution < -0.4 is 5.32 Å². The maximum atomic E-state index is 13.5. The van der Waals surface area contributed by atoms with Gasteiger partial charge < -0.3 is 10.1 Å². The van der Waals surface area contributed by atoms with Crippen molar-refractivity contribution in [3.63, 3.8) is 0 Å². The summed E-state index contributed by atoms with van der Waals surface area (Å²) < 4.78 is 44.3. The van der Waals surface area contributed by atoms with Crippen LogP contribution in [0.2, 0.25) is 0 Å². The SMILES string of the molecule is O=C1N[C@H](c2ccc(F)c(Br)c2)C(F)(F)CO1. The van der Waals surface area contributed by atoms with E-state index in [1.54, 1.807) is 0 Å². The van der Waals surface area contributed by atoms with Gasteiger partial charge in [-0.15, -0.1) is 0 Å². The van der Waals surface area contributed by atoms with Gasteiger partial charge in [-0.3, -0.25) is 0 Å². The summed E-state index contributed by atoms with van der Waals surface area (Å²) in [5.41, 5.74) is 0.111. The zero-order chi connectivity index (χ0) is 12.6. The number of halogens is 4. The van der Waals surface area contributed by atoms with Crippen LogP contribution in [0, 0.1) is 5.82 Å². The van der Waals surface area contributed by atoms with Gasteiger partial charge in [0.2, 0.25) is 0 Å². The van der Waals surface area contributed by atoms with Crippen molar-refractivity contribution in [2.24, 2.45) is 0 Å². The molecule has 1 fully saturated rings. The molecule has 0 spiro atoms. The van der Waals surface area contributed by atoms with E-state index in [-0.39, 0.29) is 10.0 Å². The second kappa shape index (κ2) is 4.21. The highest BCUT2D eigenvalue weighted by molar-refractivity contribution is 9.10. The summed E-state index contributed by atoms with van der Waals surface area (Å²) >= 11 is 2.90. The van der Waals surface area contributed by atoms with E-state index in [1.165, 1.54) is 12.1 Å². The topological polar surface area (TPSA) is 38.3 Å². The van der Waals surface area contributed by atoms with Crippen LogP contribution in [0.15, 0.2) is 22.7 Å². The van der Waals surface area contributed by atoms with E-state index in [0.717, 1.165) is 6.07 Å². The van der Waals surface area contributed by atoms with E-state index in [0.29, 0.717) is 0 Å². The number of benzene rings is 1. The molecule has 92 valence electrons. The van der Waals surface area contributed by atoms with Gasteiger partial charge in [0.25, 0.3) is 0 Å². The van der Waals surface area contributed by atoms with Gasteiger partial charge in [-0.05, 0) is 33.6 Å². The zero-order valence-corrected chi connectivity index (χ0v) is 9.93. The summed E-state index contributed by atoms with van der Waals surface area (Å²) in [4.78, 5) is 10.9. The Balaban J connectivity index is 2.36. The lowest BCUT2D eigenvalue weighted by Gasteiger charge is -2.31. The fourth-order valence-electron chi connectivity index (χ4n) is 1.53. The summed E-state index contributed by atoms with van der Waals surface area (Å²) in [5.74, 6) is -3.79. The fourth-order valence-corrected chi connectivity index (χ4v) is 1.93. The molecule has 2 rings (SSSR count). The summed E-state index contributed by atoms with van der Waals surface area (Å²) in [7, 11) is 0. The number of nitrogens with one attached hydrogen (secondary N) is 1. The number of amides is 1. The van der Waals surface area contributed by atoms with Crippen LogP contribution in [0.1, 0.15) is 11.6 Å². The summed E-state index contributed by atoms with van der Waals surface area (Å²) in [6, 6.07) is 1.95. The molecule has 0 saturated carbocycles. The number of cyclic esters (lactones) is 1. The van der Waals surface area contributed by atoms with Crippen molar-refractivity contribution in [1.29, 1.82) is 0 Å². The minimum absolute atomic E-state index is 0.0616. The van der Waals surface area contributed by atoms with Gasteiger partial charge in [0, 0.05) is 0 Å². The van der Waals surface area contributed by atoms with Crippen LogP contribution in [0.3, 0.4) is 0 Å². The molecule has 0 bridgehead atoms. The molecule has 1 aliphatic rings. The van der Waals surface area contributed by atoms with Gasteiger partial charge in [0.05, 0.1) is 4.47 Å². The monoisotopic (exact) mass is 309 g/mol. The molecule has 1 aromatic rings. The van der Waals surface area contributed by atoms with Crippen molar-refractivity contribution in [1.82, 2.24) is 5.32 Å². The molecular formula is C10H7BrF3NO2. The van der Waals surface area contributed by atoms with Crippen molar-refractivity contribution in [2.75, 3.05) is 6.61 Å². The smallest absolute Gasteiger partial charge is 0.408 e. The second-order valence-electron chi connectivity index (χ2n) is 3.59. The Morgan fingerprint density at radius 2 is 2.18 bits per heavy atom. The largest absolute Gasteiger partial charge is 0.443 e. The van der Waals surface area contributed by atoms with Crippen molar-refractivity contribution < 1.29 is 22.7 Å². The van der Waals surface area contributed by atoms with Crippen molar-refractivity contribution in [2.45, 2.75) is 12.0 Å². The zero-order valence-electron chi connectivity index (χ0n) is 8.34. The predicted octanol–water partition coefficient (Wildman–Crippen LogP) is 3.00. The third-order valence-corrected chi connectivity index (χ3v) is 2.96. The molecule has 17 heavy (non-hydrogen) atoms. The highest BCUT2D eigenvalue weighted by atomic mass is 79.9. The van der Waals surface area contributed by atoms with Crippen molar-refractivity contribution in [3.05, 3.63) is 34.1 Å². The maximum absolute atomic E-state index is 13.5. The van der Waals surface area contributed by atoms with Gasteiger partial charge in [0.1, 0.15) is 11.9 Å². The molecule has 3 nitrogen and oxygen atoms in total. The average Bonchev–Trinajstić information content (AvgIpc) is 2.26. The number of hydrogen-bond donors (Lipinski definition) is 1. The first-order valence-electron chi connectivity index (χ1n) is 4.66. The molecule has 0 unspecified atom stereocenters. The molecule has 1 atom stereocenters. The highest BCUT2D eigenvalue weighted by Gasteiger charge is 2.46. The quantitative estimate of drug-likeness (QED) is 0.866. The third kappa shape index (κ3) is 2.38. The highest BCUT2D eigenvalue weighted by Crippen LogP contribution is 2.35. The average molecular weight is 310 g/mol. The number of carbonyl (C=O) groups is 1. The Morgan fingerprint density at radius 3 is 2.82 bits per heavy atom. The van der Waals surface area contributed by atoms with Gasteiger partial charge in [-0.25, -0.2) is 18.0 Å². The van der Waals surface area contributed by atoms with Crippen molar-refractivity contribution >= 4 is 22.0 Å². The summed E-state index contributed by atoms with van der Waals surface area (Å²) in [6.45, 7) is -0.988. The molecule has 1 saturated heterocycles. The molecule has 0 aliphatic carbocycles.